The first kappa shape index (κ1) is 13.7. The standard InChI is InChI=1S/C10H18N4O2S2/c1-14-6-9(10(11)12-14)18(15,16)13-7-3-4-8(5-7)17-2/h6-8,13H,3-5H2,1-2H3,(H2,11,12). The molecule has 1 aromatic heterocycles. The van der Waals surface area contributed by atoms with Crippen LogP contribution in [0.2, 0.25) is 0 Å². The van der Waals surface area contributed by atoms with Gasteiger partial charge in [0.25, 0.3) is 0 Å². The number of aromatic nitrogens is 2. The summed E-state index contributed by atoms with van der Waals surface area (Å²) in [7, 11) is -1.91. The minimum absolute atomic E-state index is 0.00653. The molecule has 18 heavy (non-hydrogen) atoms. The van der Waals surface area contributed by atoms with Crippen LogP contribution >= 0.6 is 11.8 Å². The number of nitrogens with two attached hydrogens (primary N) is 1. The van der Waals surface area contributed by atoms with Crippen molar-refractivity contribution in [3.05, 3.63) is 6.20 Å². The van der Waals surface area contributed by atoms with Gasteiger partial charge in [-0.05, 0) is 25.5 Å². The Labute approximate surface area is 111 Å². The van der Waals surface area contributed by atoms with E-state index >= 15 is 0 Å². The van der Waals surface area contributed by atoms with E-state index in [1.54, 1.807) is 18.8 Å². The molecule has 102 valence electrons. The summed E-state index contributed by atoms with van der Waals surface area (Å²) in [6.07, 6.45) is 6.29. The molecule has 1 saturated carbocycles. The third-order valence-corrected chi connectivity index (χ3v) is 5.78. The number of aryl methyl sites for hydroxylation is 1. The average Bonchev–Trinajstić information content (AvgIpc) is 2.84. The third kappa shape index (κ3) is 2.81. The number of hydrogen-bond acceptors (Lipinski definition) is 5. The van der Waals surface area contributed by atoms with Crippen LogP contribution in [0.4, 0.5) is 5.82 Å². The van der Waals surface area contributed by atoms with Crippen molar-refractivity contribution in [2.45, 2.75) is 35.4 Å². The third-order valence-electron chi connectivity index (χ3n) is 3.15. The van der Waals surface area contributed by atoms with E-state index in [2.05, 4.69) is 16.1 Å². The van der Waals surface area contributed by atoms with Crippen molar-refractivity contribution in [1.29, 1.82) is 0 Å². The summed E-state index contributed by atoms with van der Waals surface area (Å²) in [6.45, 7) is 0. The van der Waals surface area contributed by atoms with Gasteiger partial charge in [0, 0.05) is 24.5 Å². The zero-order valence-electron chi connectivity index (χ0n) is 10.5. The fraction of sp³-hybridized carbons (Fsp3) is 0.700. The van der Waals surface area contributed by atoms with Gasteiger partial charge in [-0.25, -0.2) is 13.1 Å². The molecule has 2 atom stereocenters. The van der Waals surface area contributed by atoms with Crippen LogP contribution in [0.3, 0.4) is 0 Å². The monoisotopic (exact) mass is 290 g/mol. The van der Waals surface area contributed by atoms with E-state index in [0.29, 0.717) is 5.25 Å². The minimum atomic E-state index is -3.55. The normalized spacial score (nSPS) is 24.6. The van der Waals surface area contributed by atoms with Crippen molar-refractivity contribution in [2.24, 2.45) is 7.05 Å². The zero-order chi connectivity index (χ0) is 13.3. The lowest BCUT2D eigenvalue weighted by molar-refractivity contribution is 0.553. The maximum Gasteiger partial charge on any atom is 0.246 e. The zero-order valence-corrected chi connectivity index (χ0v) is 12.1. The smallest absolute Gasteiger partial charge is 0.246 e. The largest absolute Gasteiger partial charge is 0.381 e. The van der Waals surface area contributed by atoms with Gasteiger partial charge in [-0.1, -0.05) is 0 Å². The Kier molecular flexibility index (Phi) is 3.88. The number of nitrogen functional groups attached to an aromatic ring is 1. The molecule has 1 aliphatic carbocycles. The molecule has 0 aliphatic heterocycles. The van der Waals surface area contributed by atoms with Crippen molar-refractivity contribution in [2.75, 3.05) is 12.0 Å². The lowest BCUT2D eigenvalue weighted by Crippen LogP contribution is -2.33. The summed E-state index contributed by atoms with van der Waals surface area (Å²) < 4.78 is 28.5. The van der Waals surface area contributed by atoms with Gasteiger partial charge >= 0.3 is 0 Å². The van der Waals surface area contributed by atoms with Crippen LogP contribution in [0.25, 0.3) is 0 Å². The molecule has 3 N–H and O–H groups in total. The van der Waals surface area contributed by atoms with Crippen LogP contribution in [0.1, 0.15) is 19.3 Å². The summed E-state index contributed by atoms with van der Waals surface area (Å²) in [5.41, 5.74) is 5.60. The first-order valence-electron chi connectivity index (χ1n) is 5.76. The molecule has 1 fully saturated rings. The van der Waals surface area contributed by atoms with Crippen molar-refractivity contribution in [3.63, 3.8) is 0 Å². The van der Waals surface area contributed by atoms with Crippen molar-refractivity contribution in [3.8, 4) is 0 Å². The van der Waals surface area contributed by atoms with Gasteiger partial charge in [0.2, 0.25) is 10.0 Å². The van der Waals surface area contributed by atoms with E-state index in [9.17, 15) is 8.42 Å². The Balaban J connectivity index is 2.11. The molecule has 1 aliphatic rings. The molecule has 8 heteroatoms. The van der Waals surface area contributed by atoms with Crippen LogP contribution in [-0.2, 0) is 17.1 Å². The van der Waals surface area contributed by atoms with Crippen LogP contribution in [0, 0.1) is 0 Å². The van der Waals surface area contributed by atoms with Crippen LogP contribution in [0.15, 0.2) is 11.1 Å². The van der Waals surface area contributed by atoms with E-state index in [1.807, 2.05) is 0 Å². The molecule has 0 amide bonds. The first-order valence-corrected chi connectivity index (χ1v) is 8.53. The van der Waals surface area contributed by atoms with E-state index in [4.69, 9.17) is 5.73 Å². The maximum absolute atomic E-state index is 12.2. The highest BCUT2D eigenvalue weighted by Crippen LogP contribution is 2.29. The van der Waals surface area contributed by atoms with Gasteiger partial charge in [-0.2, -0.15) is 16.9 Å². The number of nitrogens with zero attached hydrogens (tertiary/aromatic N) is 2. The van der Waals surface area contributed by atoms with Crippen LogP contribution in [-0.4, -0.2) is 35.7 Å². The Hall–Kier alpha value is -0.730. The van der Waals surface area contributed by atoms with Crippen molar-refractivity contribution in [1.82, 2.24) is 14.5 Å². The number of hydrogen-bond donors (Lipinski definition) is 2. The maximum atomic E-state index is 12.2. The van der Waals surface area contributed by atoms with E-state index < -0.39 is 10.0 Å². The second-order valence-electron chi connectivity index (χ2n) is 4.54. The molecule has 1 heterocycles. The van der Waals surface area contributed by atoms with Gasteiger partial charge in [0.05, 0.1) is 0 Å². The lowest BCUT2D eigenvalue weighted by atomic mass is 10.3. The van der Waals surface area contributed by atoms with Gasteiger partial charge in [-0.15, -0.1) is 0 Å². The van der Waals surface area contributed by atoms with E-state index in [0.717, 1.165) is 19.3 Å². The molecule has 0 aromatic carbocycles. The molecule has 2 rings (SSSR count). The molecule has 0 radical (unpaired) electrons. The summed E-state index contributed by atoms with van der Waals surface area (Å²) >= 11 is 1.79. The topological polar surface area (TPSA) is 90.0 Å². The highest BCUT2D eigenvalue weighted by Gasteiger charge is 2.29. The molecular formula is C10H18N4O2S2. The second kappa shape index (κ2) is 5.10. The molecule has 0 saturated heterocycles. The fourth-order valence-corrected chi connectivity index (χ4v) is 4.42. The number of thioether (sulfide) groups is 1. The van der Waals surface area contributed by atoms with E-state index in [-0.39, 0.29) is 16.8 Å². The molecule has 2 unspecified atom stereocenters. The Morgan fingerprint density at radius 3 is 2.78 bits per heavy atom. The Morgan fingerprint density at radius 1 is 1.56 bits per heavy atom. The summed E-state index contributed by atoms with van der Waals surface area (Å²) in [5.74, 6) is 0.0458. The first-order chi connectivity index (χ1) is 8.42. The number of rotatable bonds is 4. The predicted octanol–water partition coefficient (Wildman–Crippen LogP) is 0.565. The fourth-order valence-electron chi connectivity index (χ4n) is 2.24. The molecule has 0 spiro atoms. The highest BCUT2D eigenvalue weighted by atomic mass is 32.2. The SMILES string of the molecule is CSC1CCC(NS(=O)(=O)c2cn(C)nc2N)C1. The molecule has 1 aromatic rings. The van der Waals surface area contributed by atoms with E-state index in [1.165, 1.54) is 10.9 Å². The number of anilines is 1. The van der Waals surface area contributed by atoms with Crippen LogP contribution in [0.5, 0.6) is 0 Å². The summed E-state index contributed by atoms with van der Waals surface area (Å²) in [4.78, 5) is 0.0672. The van der Waals surface area contributed by atoms with Crippen molar-refractivity contribution < 1.29 is 8.42 Å². The molecule has 6 nitrogen and oxygen atoms in total. The quantitative estimate of drug-likeness (QED) is 0.846. The van der Waals surface area contributed by atoms with Gasteiger partial charge < -0.3 is 5.73 Å². The Morgan fingerprint density at radius 2 is 2.28 bits per heavy atom. The highest BCUT2D eigenvalue weighted by molar-refractivity contribution is 7.99. The van der Waals surface area contributed by atoms with Crippen molar-refractivity contribution >= 4 is 27.6 Å². The average molecular weight is 290 g/mol. The predicted molar refractivity (Wildman–Crippen MR) is 72.9 cm³/mol. The summed E-state index contributed by atoms with van der Waals surface area (Å²) in [5, 5.41) is 4.40. The number of nitrogens with one attached hydrogen (secondary N) is 1. The Bertz CT molecular complexity index is 526. The van der Waals surface area contributed by atoms with Gasteiger partial charge in [-0.3, -0.25) is 4.68 Å². The summed E-state index contributed by atoms with van der Waals surface area (Å²) in [6, 6.07) is 0.00653. The molecular weight excluding hydrogens is 272 g/mol. The van der Waals surface area contributed by atoms with Gasteiger partial charge in [0.1, 0.15) is 4.90 Å². The van der Waals surface area contributed by atoms with Gasteiger partial charge in [0.15, 0.2) is 5.82 Å². The lowest BCUT2D eigenvalue weighted by Gasteiger charge is -2.12. The minimum Gasteiger partial charge on any atom is -0.381 e. The molecule has 0 bridgehead atoms. The van der Waals surface area contributed by atoms with Crippen LogP contribution < -0.4 is 10.5 Å². The number of sulfonamides is 1. The second-order valence-corrected chi connectivity index (χ2v) is 7.36.